The minimum atomic E-state index is -0.368. The van der Waals surface area contributed by atoms with E-state index in [1.54, 1.807) is 0 Å². The molecule has 0 aromatic heterocycles. The number of rotatable bonds is 5. The molecule has 3 N–H and O–H groups in total. The number of nitrogens with two attached hydrogens (primary N) is 1. The summed E-state index contributed by atoms with van der Waals surface area (Å²) in [5, 5.41) is 3.43. The summed E-state index contributed by atoms with van der Waals surface area (Å²) in [6, 6.07) is 0. The highest BCUT2D eigenvalue weighted by molar-refractivity contribution is 5.84. The molecule has 0 spiro atoms. The predicted molar refractivity (Wildman–Crippen MR) is 60.4 cm³/mol. The van der Waals surface area contributed by atoms with E-state index in [2.05, 4.69) is 5.32 Å². The molecular formula is C12H22N2O. The molecule has 2 aliphatic carbocycles. The zero-order valence-corrected chi connectivity index (χ0v) is 9.43. The molecule has 3 heteroatoms. The minimum Gasteiger partial charge on any atom is -0.368 e. The fraction of sp³-hybridized carbons (Fsp3) is 0.917. The van der Waals surface area contributed by atoms with Gasteiger partial charge in [0.15, 0.2) is 0 Å². The maximum Gasteiger partial charge on any atom is 0.237 e. The van der Waals surface area contributed by atoms with Crippen molar-refractivity contribution in [1.29, 1.82) is 0 Å². The fourth-order valence-corrected chi connectivity index (χ4v) is 2.59. The van der Waals surface area contributed by atoms with Crippen LogP contribution in [0, 0.1) is 5.92 Å². The number of amides is 1. The first-order valence-electron chi connectivity index (χ1n) is 6.28. The first-order chi connectivity index (χ1) is 7.23. The SMILES string of the molecule is NC(=O)C1(NCCC2CC2)CCCCC1. The number of hydrogen-bond acceptors (Lipinski definition) is 2. The van der Waals surface area contributed by atoms with Gasteiger partial charge >= 0.3 is 0 Å². The van der Waals surface area contributed by atoms with E-state index >= 15 is 0 Å². The summed E-state index contributed by atoms with van der Waals surface area (Å²) in [6.45, 7) is 0.966. The Hall–Kier alpha value is -0.570. The van der Waals surface area contributed by atoms with Crippen molar-refractivity contribution in [2.75, 3.05) is 6.54 Å². The van der Waals surface area contributed by atoms with E-state index in [0.29, 0.717) is 0 Å². The summed E-state index contributed by atoms with van der Waals surface area (Å²) >= 11 is 0. The van der Waals surface area contributed by atoms with Crippen LogP contribution in [0.25, 0.3) is 0 Å². The van der Waals surface area contributed by atoms with Gasteiger partial charge in [0, 0.05) is 0 Å². The third kappa shape index (κ3) is 2.71. The molecule has 2 saturated carbocycles. The second kappa shape index (κ2) is 4.52. The lowest BCUT2D eigenvalue weighted by molar-refractivity contribution is -0.125. The fourth-order valence-electron chi connectivity index (χ4n) is 2.59. The van der Waals surface area contributed by atoms with Gasteiger partial charge in [-0.05, 0) is 31.7 Å². The van der Waals surface area contributed by atoms with Crippen molar-refractivity contribution in [1.82, 2.24) is 5.32 Å². The predicted octanol–water partition coefficient (Wildman–Crippen LogP) is 1.56. The normalized spacial score (nSPS) is 25.1. The molecule has 2 rings (SSSR count). The molecule has 3 nitrogen and oxygen atoms in total. The van der Waals surface area contributed by atoms with E-state index in [1.165, 1.54) is 25.7 Å². The molecule has 15 heavy (non-hydrogen) atoms. The van der Waals surface area contributed by atoms with Gasteiger partial charge in [0.05, 0.1) is 5.54 Å². The van der Waals surface area contributed by atoms with Crippen LogP contribution < -0.4 is 11.1 Å². The van der Waals surface area contributed by atoms with Crippen LogP contribution in [0.2, 0.25) is 0 Å². The molecule has 2 aliphatic rings. The standard InChI is InChI=1S/C12H22N2O/c13-11(15)12(7-2-1-3-8-12)14-9-6-10-4-5-10/h10,14H,1-9H2,(H2,13,15). The topological polar surface area (TPSA) is 55.1 Å². The molecule has 86 valence electrons. The lowest BCUT2D eigenvalue weighted by atomic mass is 9.81. The largest absolute Gasteiger partial charge is 0.368 e. The maximum absolute atomic E-state index is 11.5. The highest BCUT2D eigenvalue weighted by Gasteiger charge is 2.37. The molecular weight excluding hydrogens is 188 g/mol. The van der Waals surface area contributed by atoms with Crippen LogP contribution >= 0.6 is 0 Å². The molecule has 0 unspecified atom stereocenters. The van der Waals surface area contributed by atoms with Crippen molar-refractivity contribution in [2.45, 2.75) is 56.9 Å². The summed E-state index contributed by atoms with van der Waals surface area (Å²) < 4.78 is 0. The van der Waals surface area contributed by atoms with Gasteiger partial charge in [0.1, 0.15) is 0 Å². The highest BCUT2D eigenvalue weighted by Crippen LogP contribution is 2.33. The molecule has 0 heterocycles. The van der Waals surface area contributed by atoms with Crippen molar-refractivity contribution < 1.29 is 4.79 Å². The molecule has 2 fully saturated rings. The van der Waals surface area contributed by atoms with Gasteiger partial charge in [-0.3, -0.25) is 4.79 Å². The van der Waals surface area contributed by atoms with Crippen LogP contribution in [0.1, 0.15) is 51.4 Å². The van der Waals surface area contributed by atoms with Gasteiger partial charge in [-0.2, -0.15) is 0 Å². The molecule has 0 radical (unpaired) electrons. The first-order valence-corrected chi connectivity index (χ1v) is 6.28. The zero-order valence-electron chi connectivity index (χ0n) is 9.43. The maximum atomic E-state index is 11.5. The Bertz CT molecular complexity index is 230. The average molecular weight is 210 g/mol. The van der Waals surface area contributed by atoms with Gasteiger partial charge in [0.2, 0.25) is 5.91 Å². The summed E-state index contributed by atoms with van der Waals surface area (Å²) in [4.78, 5) is 11.5. The van der Waals surface area contributed by atoms with Crippen molar-refractivity contribution in [3.8, 4) is 0 Å². The summed E-state index contributed by atoms with van der Waals surface area (Å²) in [5.74, 6) is 0.781. The third-order valence-electron chi connectivity index (χ3n) is 3.89. The van der Waals surface area contributed by atoms with E-state index in [1.807, 2.05) is 0 Å². The molecule has 0 aromatic rings. The third-order valence-corrected chi connectivity index (χ3v) is 3.89. The van der Waals surface area contributed by atoms with Gasteiger partial charge in [-0.1, -0.05) is 32.1 Å². The van der Waals surface area contributed by atoms with Crippen LogP contribution in [0.3, 0.4) is 0 Å². The Balaban J connectivity index is 1.82. The number of nitrogens with one attached hydrogen (secondary N) is 1. The molecule has 0 aromatic carbocycles. The minimum absolute atomic E-state index is 0.141. The molecule has 0 bridgehead atoms. The number of carbonyl (C=O) groups excluding carboxylic acids is 1. The number of hydrogen-bond donors (Lipinski definition) is 2. The van der Waals surface area contributed by atoms with Crippen LogP contribution in [0.4, 0.5) is 0 Å². The Morgan fingerprint density at radius 2 is 1.93 bits per heavy atom. The van der Waals surface area contributed by atoms with Crippen molar-refractivity contribution in [3.05, 3.63) is 0 Å². The van der Waals surface area contributed by atoms with Gasteiger partial charge in [-0.25, -0.2) is 0 Å². The summed E-state index contributed by atoms with van der Waals surface area (Å²) in [6.07, 6.45) is 9.38. The molecule has 1 amide bonds. The number of primary amides is 1. The van der Waals surface area contributed by atoms with Gasteiger partial charge in [0.25, 0.3) is 0 Å². The summed E-state index contributed by atoms with van der Waals surface area (Å²) in [5.41, 5.74) is 5.17. The zero-order chi connectivity index (χ0) is 10.7. The summed E-state index contributed by atoms with van der Waals surface area (Å²) in [7, 11) is 0. The van der Waals surface area contributed by atoms with Crippen LogP contribution in [0.5, 0.6) is 0 Å². The Labute approximate surface area is 91.8 Å². The van der Waals surface area contributed by atoms with Gasteiger partial charge in [-0.15, -0.1) is 0 Å². The average Bonchev–Trinajstić information content (AvgIpc) is 3.03. The molecule has 0 saturated heterocycles. The molecule has 0 aliphatic heterocycles. The smallest absolute Gasteiger partial charge is 0.237 e. The second-order valence-corrected chi connectivity index (χ2v) is 5.17. The van der Waals surface area contributed by atoms with Gasteiger partial charge < -0.3 is 11.1 Å². The van der Waals surface area contributed by atoms with Crippen LogP contribution in [0.15, 0.2) is 0 Å². The van der Waals surface area contributed by atoms with E-state index in [9.17, 15) is 4.79 Å². The Morgan fingerprint density at radius 1 is 1.27 bits per heavy atom. The lowest BCUT2D eigenvalue weighted by Crippen LogP contribution is -2.56. The van der Waals surface area contributed by atoms with Crippen LogP contribution in [-0.4, -0.2) is 18.0 Å². The van der Waals surface area contributed by atoms with Crippen molar-refractivity contribution in [2.24, 2.45) is 11.7 Å². The first kappa shape index (κ1) is 10.9. The Morgan fingerprint density at radius 3 is 2.47 bits per heavy atom. The van der Waals surface area contributed by atoms with Crippen molar-refractivity contribution in [3.63, 3.8) is 0 Å². The van der Waals surface area contributed by atoms with E-state index in [4.69, 9.17) is 5.73 Å². The molecule has 0 atom stereocenters. The quantitative estimate of drug-likeness (QED) is 0.723. The second-order valence-electron chi connectivity index (χ2n) is 5.17. The van der Waals surface area contributed by atoms with E-state index < -0.39 is 0 Å². The van der Waals surface area contributed by atoms with E-state index in [-0.39, 0.29) is 11.4 Å². The number of carbonyl (C=O) groups is 1. The highest BCUT2D eigenvalue weighted by atomic mass is 16.1. The van der Waals surface area contributed by atoms with E-state index in [0.717, 1.165) is 38.1 Å². The lowest BCUT2D eigenvalue weighted by Gasteiger charge is -2.35. The van der Waals surface area contributed by atoms with Crippen LogP contribution in [-0.2, 0) is 4.79 Å². The Kier molecular flexibility index (Phi) is 3.29. The monoisotopic (exact) mass is 210 g/mol. The van der Waals surface area contributed by atoms with Crippen molar-refractivity contribution >= 4 is 5.91 Å².